The van der Waals surface area contributed by atoms with Crippen LogP contribution in [0.5, 0.6) is 17.2 Å². The molecule has 1 unspecified atom stereocenters. The van der Waals surface area contributed by atoms with Crippen molar-refractivity contribution in [3.63, 3.8) is 0 Å². The fraction of sp³-hybridized carbons (Fsp3) is 0.364. The molecule has 1 aromatic carbocycles. The highest BCUT2D eigenvalue weighted by Crippen LogP contribution is 2.44. The Kier molecular flexibility index (Phi) is 4.63. The van der Waals surface area contributed by atoms with E-state index in [9.17, 15) is 9.90 Å². The maximum absolute atomic E-state index is 10.7. The molecule has 1 rings (SSSR count). The molecule has 18 heavy (non-hydrogen) atoms. The quantitative estimate of drug-likeness (QED) is 0.753. The van der Waals surface area contributed by atoms with Crippen LogP contribution in [0, 0.1) is 0 Å². The lowest BCUT2D eigenvalue weighted by Gasteiger charge is -2.19. The first-order valence-corrected chi connectivity index (χ1v) is 5.40. The third kappa shape index (κ3) is 2.77. The normalized spacial score (nSPS) is 12.0. The molecule has 0 aliphatic rings. The van der Waals surface area contributed by atoms with Crippen molar-refractivity contribution < 1.29 is 24.5 Å². The summed E-state index contributed by atoms with van der Waals surface area (Å²) >= 11 is 5.93. The number of phenols is 1. The summed E-state index contributed by atoms with van der Waals surface area (Å²) in [5.74, 6) is -0.877. The van der Waals surface area contributed by atoms with Crippen LogP contribution >= 0.6 is 11.6 Å². The van der Waals surface area contributed by atoms with E-state index < -0.39 is 12.0 Å². The summed E-state index contributed by atoms with van der Waals surface area (Å²) in [5, 5.41) is 18.3. The number of aliphatic carboxylic acids is 1. The molecule has 0 spiro atoms. The number of benzene rings is 1. The number of carbonyl (C=O) groups is 1. The molecule has 0 fully saturated rings. The fourth-order valence-corrected chi connectivity index (χ4v) is 1.89. The van der Waals surface area contributed by atoms with Crippen LogP contribution in [0.1, 0.15) is 18.0 Å². The molecule has 7 heteroatoms. The second kappa shape index (κ2) is 5.79. The molecular formula is C11H14ClNO5. The Balaban J connectivity index is 3.38. The molecule has 0 bridgehead atoms. The number of methoxy groups -OCH3 is 2. The SMILES string of the molecule is COc1cc(O)c(Cl)c(C(N)CC(=O)O)c1OC. The molecule has 0 radical (unpaired) electrons. The van der Waals surface area contributed by atoms with Crippen LogP contribution < -0.4 is 15.2 Å². The summed E-state index contributed by atoms with van der Waals surface area (Å²) in [4.78, 5) is 10.7. The molecule has 100 valence electrons. The monoisotopic (exact) mass is 275 g/mol. The van der Waals surface area contributed by atoms with Crippen LogP contribution in [0.4, 0.5) is 0 Å². The predicted molar refractivity (Wildman–Crippen MR) is 65.4 cm³/mol. The summed E-state index contributed by atoms with van der Waals surface area (Å²) in [5.41, 5.74) is 5.96. The standard InChI is InChI=1S/C11H14ClNO5/c1-17-7-4-6(14)10(12)9(11(7)18-2)5(13)3-8(15)16/h4-5,14H,3,13H2,1-2H3,(H,15,16). The Bertz CT molecular complexity index is 463. The third-order valence-corrected chi connectivity index (χ3v) is 2.78. The summed E-state index contributed by atoms with van der Waals surface area (Å²) in [7, 11) is 2.76. The summed E-state index contributed by atoms with van der Waals surface area (Å²) in [6, 6.07) is 0.365. The first-order chi connectivity index (χ1) is 8.42. The Labute approximate surface area is 109 Å². The number of carboxylic acid groups (broad SMARTS) is 1. The average Bonchev–Trinajstić information content (AvgIpc) is 2.30. The van der Waals surface area contributed by atoms with Gasteiger partial charge >= 0.3 is 5.97 Å². The van der Waals surface area contributed by atoms with E-state index in [1.165, 1.54) is 20.3 Å². The van der Waals surface area contributed by atoms with E-state index >= 15 is 0 Å². The van der Waals surface area contributed by atoms with E-state index in [-0.39, 0.29) is 34.3 Å². The molecule has 4 N–H and O–H groups in total. The number of carboxylic acids is 1. The third-order valence-electron chi connectivity index (χ3n) is 2.39. The van der Waals surface area contributed by atoms with Gasteiger partial charge in [-0.05, 0) is 0 Å². The summed E-state index contributed by atoms with van der Waals surface area (Å²) in [6.07, 6.45) is -0.345. The van der Waals surface area contributed by atoms with Crippen molar-refractivity contribution in [2.24, 2.45) is 5.73 Å². The van der Waals surface area contributed by atoms with E-state index in [2.05, 4.69) is 0 Å². The van der Waals surface area contributed by atoms with Gasteiger partial charge in [0, 0.05) is 17.7 Å². The van der Waals surface area contributed by atoms with Crippen molar-refractivity contribution in [2.45, 2.75) is 12.5 Å². The Morgan fingerprint density at radius 1 is 1.50 bits per heavy atom. The minimum absolute atomic E-state index is 0.0404. The van der Waals surface area contributed by atoms with Gasteiger partial charge in [0.05, 0.1) is 25.7 Å². The van der Waals surface area contributed by atoms with E-state index in [0.717, 1.165) is 0 Å². The Hall–Kier alpha value is -1.66. The molecule has 0 heterocycles. The Morgan fingerprint density at radius 2 is 2.11 bits per heavy atom. The summed E-state index contributed by atoms with van der Waals surface area (Å²) in [6.45, 7) is 0. The zero-order chi connectivity index (χ0) is 13.9. The van der Waals surface area contributed by atoms with Gasteiger partial charge in [-0.3, -0.25) is 4.79 Å². The summed E-state index contributed by atoms with van der Waals surface area (Å²) < 4.78 is 10.1. The lowest BCUT2D eigenvalue weighted by molar-refractivity contribution is -0.137. The molecule has 0 aliphatic heterocycles. The van der Waals surface area contributed by atoms with Gasteiger partial charge in [0.1, 0.15) is 5.75 Å². The van der Waals surface area contributed by atoms with Crippen LogP contribution in [0.25, 0.3) is 0 Å². The van der Waals surface area contributed by atoms with Gasteiger partial charge in [0.2, 0.25) is 0 Å². The van der Waals surface area contributed by atoms with E-state index in [1.54, 1.807) is 0 Å². The highest BCUT2D eigenvalue weighted by Gasteiger charge is 2.24. The maximum atomic E-state index is 10.7. The average molecular weight is 276 g/mol. The number of nitrogens with two attached hydrogens (primary N) is 1. The minimum Gasteiger partial charge on any atom is -0.506 e. The van der Waals surface area contributed by atoms with Crippen LogP contribution in [0.3, 0.4) is 0 Å². The van der Waals surface area contributed by atoms with Gasteiger partial charge in [-0.1, -0.05) is 11.6 Å². The van der Waals surface area contributed by atoms with E-state index in [4.69, 9.17) is 31.9 Å². The molecule has 6 nitrogen and oxygen atoms in total. The highest BCUT2D eigenvalue weighted by atomic mass is 35.5. The maximum Gasteiger partial charge on any atom is 0.305 e. The van der Waals surface area contributed by atoms with Crippen molar-refractivity contribution in [1.29, 1.82) is 0 Å². The topological polar surface area (TPSA) is 102 Å². The Morgan fingerprint density at radius 3 is 2.56 bits per heavy atom. The predicted octanol–water partition coefficient (Wildman–Crippen LogP) is 1.54. The van der Waals surface area contributed by atoms with Gasteiger partial charge in [-0.2, -0.15) is 0 Å². The molecule has 0 saturated carbocycles. The van der Waals surface area contributed by atoms with Gasteiger partial charge in [-0.15, -0.1) is 0 Å². The van der Waals surface area contributed by atoms with Crippen LogP contribution in [0.2, 0.25) is 5.02 Å². The van der Waals surface area contributed by atoms with Crippen molar-refractivity contribution in [3.05, 3.63) is 16.7 Å². The van der Waals surface area contributed by atoms with Gasteiger partial charge in [0.25, 0.3) is 0 Å². The number of aromatic hydroxyl groups is 1. The van der Waals surface area contributed by atoms with E-state index in [0.29, 0.717) is 0 Å². The largest absolute Gasteiger partial charge is 0.506 e. The number of phenolic OH excluding ortho intramolecular Hbond substituents is 1. The minimum atomic E-state index is -1.08. The van der Waals surface area contributed by atoms with Crippen molar-refractivity contribution >= 4 is 17.6 Å². The van der Waals surface area contributed by atoms with Crippen LogP contribution in [-0.2, 0) is 4.79 Å². The zero-order valence-corrected chi connectivity index (χ0v) is 10.7. The zero-order valence-electron chi connectivity index (χ0n) is 9.94. The highest BCUT2D eigenvalue weighted by molar-refractivity contribution is 6.33. The van der Waals surface area contributed by atoms with Crippen molar-refractivity contribution in [2.75, 3.05) is 14.2 Å². The molecule has 1 atom stereocenters. The van der Waals surface area contributed by atoms with Crippen molar-refractivity contribution in [3.8, 4) is 17.2 Å². The molecule has 0 aromatic heterocycles. The lowest BCUT2D eigenvalue weighted by Crippen LogP contribution is -2.16. The molecular weight excluding hydrogens is 262 g/mol. The molecule has 0 aliphatic carbocycles. The second-order valence-corrected chi connectivity index (χ2v) is 3.94. The first kappa shape index (κ1) is 14.4. The van der Waals surface area contributed by atoms with Crippen LogP contribution in [0.15, 0.2) is 6.07 Å². The van der Waals surface area contributed by atoms with E-state index in [1.807, 2.05) is 0 Å². The van der Waals surface area contributed by atoms with Gasteiger partial charge in [0.15, 0.2) is 11.5 Å². The molecule has 1 aromatic rings. The number of hydrogen-bond donors (Lipinski definition) is 3. The molecule has 0 amide bonds. The number of ether oxygens (including phenoxy) is 2. The second-order valence-electron chi connectivity index (χ2n) is 3.56. The first-order valence-electron chi connectivity index (χ1n) is 5.03. The lowest BCUT2D eigenvalue weighted by atomic mass is 10.0. The van der Waals surface area contributed by atoms with Gasteiger partial charge < -0.3 is 25.4 Å². The number of halogens is 1. The van der Waals surface area contributed by atoms with Gasteiger partial charge in [-0.25, -0.2) is 0 Å². The smallest absolute Gasteiger partial charge is 0.305 e. The van der Waals surface area contributed by atoms with Crippen molar-refractivity contribution in [1.82, 2.24) is 0 Å². The molecule has 0 saturated heterocycles. The van der Waals surface area contributed by atoms with Crippen LogP contribution in [-0.4, -0.2) is 30.4 Å². The number of hydrogen-bond acceptors (Lipinski definition) is 5. The fourth-order valence-electron chi connectivity index (χ4n) is 1.61. The number of rotatable bonds is 5.